The Hall–Kier alpha value is -1.71. The number of nitrogens with zero attached hydrogens (tertiary/aromatic N) is 1. The summed E-state index contributed by atoms with van der Waals surface area (Å²) in [5.41, 5.74) is 0.379. The second-order valence-corrected chi connectivity index (χ2v) is 2.79. The molecule has 0 radical (unpaired) electrons. The molecule has 78 valence electrons. The Morgan fingerprint density at radius 3 is 2.33 bits per heavy atom. The third-order valence-electron chi connectivity index (χ3n) is 1.92. The van der Waals surface area contributed by atoms with Gasteiger partial charge < -0.3 is 19.5 Å². The lowest BCUT2D eigenvalue weighted by atomic mass is 9.79. The predicted octanol–water partition coefficient (Wildman–Crippen LogP) is -0.745. The van der Waals surface area contributed by atoms with E-state index in [0.717, 1.165) is 0 Å². The number of ether oxygens (including phenoxy) is 2. The van der Waals surface area contributed by atoms with E-state index in [-0.39, 0.29) is 16.8 Å². The third-order valence-corrected chi connectivity index (χ3v) is 1.92. The Morgan fingerprint density at radius 2 is 1.93 bits per heavy atom. The maximum atomic E-state index is 8.98. The van der Waals surface area contributed by atoms with Crippen molar-refractivity contribution in [2.75, 3.05) is 14.2 Å². The maximum Gasteiger partial charge on any atom is 0.488 e. The highest BCUT2D eigenvalue weighted by atomic mass is 16.5. The molecule has 15 heavy (non-hydrogen) atoms. The molecule has 0 amide bonds. The molecule has 0 spiro atoms. The van der Waals surface area contributed by atoms with Gasteiger partial charge in [0.15, 0.2) is 11.5 Å². The summed E-state index contributed by atoms with van der Waals surface area (Å²) in [6.07, 6.45) is 0. The molecule has 0 aliphatic rings. The summed E-state index contributed by atoms with van der Waals surface area (Å²) in [6.45, 7) is 0. The van der Waals surface area contributed by atoms with Crippen LogP contribution in [0.1, 0.15) is 5.56 Å². The predicted molar refractivity (Wildman–Crippen MR) is 54.1 cm³/mol. The van der Waals surface area contributed by atoms with E-state index >= 15 is 0 Å². The van der Waals surface area contributed by atoms with Crippen LogP contribution in [0.4, 0.5) is 0 Å². The molecular formula is C9H10BNO4. The number of nitriles is 1. The molecule has 0 heterocycles. The highest BCUT2D eigenvalue weighted by molar-refractivity contribution is 6.58. The van der Waals surface area contributed by atoms with E-state index < -0.39 is 7.12 Å². The molecule has 1 aromatic carbocycles. The van der Waals surface area contributed by atoms with Gasteiger partial charge in [-0.3, -0.25) is 0 Å². The molecule has 0 saturated heterocycles. The standard InChI is InChI=1S/C9H10BNO4/c1-14-8-4-7(10(12)13)3-6(5-11)9(8)15-2/h3-4,12-13H,1-2H3. The van der Waals surface area contributed by atoms with Crippen LogP contribution >= 0.6 is 0 Å². The fourth-order valence-electron chi connectivity index (χ4n) is 1.22. The van der Waals surface area contributed by atoms with Gasteiger partial charge in [-0.1, -0.05) is 0 Å². The van der Waals surface area contributed by atoms with Gasteiger partial charge in [-0.25, -0.2) is 0 Å². The van der Waals surface area contributed by atoms with Gasteiger partial charge in [0.05, 0.1) is 19.8 Å². The van der Waals surface area contributed by atoms with E-state index in [1.165, 1.54) is 26.4 Å². The summed E-state index contributed by atoms with van der Waals surface area (Å²) in [5.74, 6) is 0.573. The zero-order valence-corrected chi connectivity index (χ0v) is 8.39. The van der Waals surface area contributed by atoms with Crippen LogP contribution in [-0.2, 0) is 0 Å². The Morgan fingerprint density at radius 1 is 1.27 bits per heavy atom. The van der Waals surface area contributed by atoms with Crippen molar-refractivity contribution < 1.29 is 19.5 Å². The highest BCUT2D eigenvalue weighted by Crippen LogP contribution is 2.29. The maximum absolute atomic E-state index is 8.98. The van der Waals surface area contributed by atoms with Crippen molar-refractivity contribution in [2.24, 2.45) is 0 Å². The number of hydrogen-bond acceptors (Lipinski definition) is 5. The number of hydrogen-bond donors (Lipinski definition) is 2. The van der Waals surface area contributed by atoms with Crippen molar-refractivity contribution in [3.8, 4) is 17.6 Å². The summed E-state index contributed by atoms with van der Waals surface area (Å²) in [5, 5.41) is 26.8. The quantitative estimate of drug-likeness (QED) is 0.637. The van der Waals surface area contributed by atoms with Gasteiger partial charge >= 0.3 is 7.12 Å². The van der Waals surface area contributed by atoms with E-state index in [0.29, 0.717) is 5.75 Å². The monoisotopic (exact) mass is 207 g/mol. The van der Waals surface area contributed by atoms with Crippen LogP contribution < -0.4 is 14.9 Å². The van der Waals surface area contributed by atoms with Gasteiger partial charge in [-0.15, -0.1) is 0 Å². The number of rotatable bonds is 3. The molecule has 0 atom stereocenters. The van der Waals surface area contributed by atoms with Crippen molar-refractivity contribution >= 4 is 12.6 Å². The smallest absolute Gasteiger partial charge is 0.488 e. The summed E-state index contributed by atoms with van der Waals surface area (Å²) in [7, 11) is 1.18. The van der Waals surface area contributed by atoms with Crippen molar-refractivity contribution in [1.29, 1.82) is 5.26 Å². The first kappa shape index (κ1) is 11.4. The topological polar surface area (TPSA) is 82.7 Å². The largest absolute Gasteiger partial charge is 0.493 e. The molecule has 0 bridgehead atoms. The highest BCUT2D eigenvalue weighted by Gasteiger charge is 2.18. The average Bonchev–Trinajstić information content (AvgIpc) is 2.26. The van der Waals surface area contributed by atoms with Crippen molar-refractivity contribution in [2.45, 2.75) is 0 Å². The summed E-state index contributed by atoms with van der Waals surface area (Å²) < 4.78 is 9.95. The lowest BCUT2D eigenvalue weighted by molar-refractivity contribution is 0.354. The van der Waals surface area contributed by atoms with Crippen molar-refractivity contribution in [3.05, 3.63) is 17.7 Å². The van der Waals surface area contributed by atoms with Gasteiger partial charge in [0.25, 0.3) is 0 Å². The Kier molecular flexibility index (Phi) is 3.55. The lowest BCUT2D eigenvalue weighted by Gasteiger charge is -2.10. The Balaban J connectivity index is 3.37. The minimum Gasteiger partial charge on any atom is -0.493 e. The van der Waals surface area contributed by atoms with Gasteiger partial charge in [-0.2, -0.15) is 5.26 Å². The van der Waals surface area contributed by atoms with Crippen LogP contribution in [-0.4, -0.2) is 31.4 Å². The molecule has 0 aromatic heterocycles. The second kappa shape index (κ2) is 4.69. The van der Waals surface area contributed by atoms with Crippen LogP contribution in [0.2, 0.25) is 0 Å². The number of methoxy groups -OCH3 is 2. The SMILES string of the molecule is COc1cc(B(O)O)cc(C#N)c1OC. The molecule has 5 nitrogen and oxygen atoms in total. The van der Waals surface area contributed by atoms with Gasteiger partial charge in [-0.05, 0) is 17.6 Å². The van der Waals surface area contributed by atoms with Gasteiger partial charge in [0.2, 0.25) is 0 Å². The third kappa shape index (κ3) is 2.21. The van der Waals surface area contributed by atoms with Gasteiger partial charge in [0.1, 0.15) is 6.07 Å². The van der Waals surface area contributed by atoms with Crippen LogP contribution in [0.15, 0.2) is 12.1 Å². The van der Waals surface area contributed by atoms with E-state index in [1.54, 1.807) is 0 Å². The van der Waals surface area contributed by atoms with E-state index in [2.05, 4.69) is 0 Å². The van der Waals surface area contributed by atoms with Crippen LogP contribution in [0.25, 0.3) is 0 Å². The fourth-order valence-corrected chi connectivity index (χ4v) is 1.22. The van der Waals surface area contributed by atoms with Crippen molar-refractivity contribution in [3.63, 3.8) is 0 Å². The number of benzene rings is 1. The molecule has 6 heteroatoms. The Labute approximate surface area is 87.6 Å². The van der Waals surface area contributed by atoms with Gasteiger partial charge in [0, 0.05) is 0 Å². The minimum absolute atomic E-state index is 0.184. The molecule has 1 aromatic rings. The fraction of sp³-hybridized carbons (Fsp3) is 0.222. The molecule has 0 fully saturated rings. The summed E-state index contributed by atoms with van der Waals surface area (Å²) in [4.78, 5) is 0. The average molecular weight is 207 g/mol. The van der Waals surface area contributed by atoms with E-state index in [4.69, 9.17) is 24.8 Å². The van der Waals surface area contributed by atoms with Crippen molar-refractivity contribution in [1.82, 2.24) is 0 Å². The van der Waals surface area contributed by atoms with Crippen LogP contribution in [0.5, 0.6) is 11.5 Å². The minimum atomic E-state index is -1.64. The first-order chi connectivity index (χ1) is 7.13. The molecule has 0 saturated carbocycles. The van der Waals surface area contributed by atoms with Crippen LogP contribution in [0.3, 0.4) is 0 Å². The molecule has 1 rings (SSSR count). The lowest BCUT2D eigenvalue weighted by Crippen LogP contribution is -2.30. The normalized spacial score (nSPS) is 9.27. The zero-order valence-electron chi connectivity index (χ0n) is 8.39. The molecule has 0 aliphatic carbocycles. The molecular weight excluding hydrogens is 197 g/mol. The van der Waals surface area contributed by atoms with E-state index in [1.807, 2.05) is 6.07 Å². The van der Waals surface area contributed by atoms with E-state index in [9.17, 15) is 0 Å². The first-order valence-electron chi connectivity index (χ1n) is 4.16. The molecule has 2 N–H and O–H groups in total. The Bertz CT molecular complexity index is 400. The zero-order chi connectivity index (χ0) is 11.4. The first-order valence-corrected chi connectivity index (χ1v) is 4.16. The summed E-state index contributed by atoms with van der Waals surface area (Å²) >= 11 is 0. The summed E-state index contributed by atoms with van der Waals surface area (Å²) in [6, 6.07) is 4.64. The molecule has 0 unspecified atom stereocenters. The second-order valence-electron chi connectivity index (χ2n) is 2.79. The molecule has 0 aliphatic heterocycles. The van der Waals surface area contributed by atoms with Crippen LogP contribution in [0, 0.1) is 11.3 Å².